The van der Waals surface area contributed by atoms with Crippen LogP contribution in [0.3, 0.4) is 0 Å². The van der Waals surface area contributed by atoms with Gasteiger partial charge in [-0.2, -0.15) is 0 Å². The van der Waals surface area contributed by atoms with E-state index < -0.39 is 16.1 Å². The molecule has 0 saturated carbocycles. The number of benzene rings is 2. The van der Waals surface area contributed by atoms with E-state index in [1.807, 2.05) is 13.0 Å². The maximum absolute atomic E-state index is 12.9. The van der Waals surface area contributed by atoms with Gasteiger partial charge in [-0.05, 0) is 62.1 Å². The second-order valence-electron chi connectivity index (χ2n) is 6.59. The number of carbonyl (C=O) groups excluding carboxylic acids is 1. The fourth-order valence-corrected chi connectivity index (χ4v) is 4.04. The molecule has 0 aliphatic rings. The molecular formula is C20H25FN2O3S. The molecule has 1 atom stereocenters. The van der Waals surface area contributed by atoms with Crippen molar-refractivity contribution in [1.82, 2.24) is 5.32 Å². The summed E-state index contributed by atoms with van der Waals surface area (Å²) in [4.78, 5) is 12.5. The summed E-state index contributed by atoms with van der Waals surface area (Å²) in [5, 5.41) is 2.78. The van der Waals surface area contributed by atoms with Gasteiger partial charge in [0.15, 0.2) is 0 Å². The quantitative estimate of drug-likeness (QED) is 0.702. The van der Waals surface area contributed by atoms with Crippen LogP contribution in [0.15, 0.2) is 48.5 Å². The van der Waals surface area contributed by atoms with Crippen molar-refractivity contribution in [2.75, 3.05) is 17.1 Å². The summed E-state index contributed by atoms with van der Waals surface area (Å²) in [6.07, 6.45) is 2.46. The average Bonchev–Trinajstić information content (AvgIpc) is 2.59. The Morgan fingerprint density at radius 1 is 1.19 bits per heavy atom. The number of anilines is 1. The lowest BCUT2D eigenvalue weighted by Crippen LogP contribution is -2.48. The molecule has 0 aromatic heterocycles. The average molecular weight is 392 g/mol. The zero-order valence-corrected chi connectivity index (χ0v) is 16.6. The Balaban J connectivity index is 1.97. The van der Waals surface area contributed by atoms with Gasteiger partial charge in [0.25, 0.3) is 0 Å². The molecule has 0 heterocycles. The van der Waals surface area contributed by atoms with Gasteiger partial charge in [0.05, 0.1) is 11.9 Å². The maximum atomic E-state index is 12.9. The lowest BCUT2D eigenvalue weighted by molar-refractivity contribution is -0.121. The molecule has 5 nitrogen and oxygen atoms in total. The van der Waals surface area contributed by atoms with Crippen molar-refractivity contribution >= 4 is 21.6 Å². The lowest BCUT2D eigenvalue weighted by atomic mass is 10.1. The monoisotopic (exact) mass is 392 g/mol. The van der Waals surface area contributed by atoms with E-state index in [0.29, 0.717) is 25.1 Å². The van der Waals surface area contributed by atoms with Crippen LogP contribution in [0, 0.1) is 12.7 Å². The second kappa shape index (κ2) is 8.99. The van der Waals surface area contributed by atoms with Gasteiger partial charge in [-0.1, -0.05) is 24.3 Å². The number of nitrogens with zero attached hydrogens (tertiary/aromatic N) is 1. The largest absolute Gasteiger partial charge is 0.354 e. The van der Waals surface area contributed by atoms with Gasteiger partial charge < -0.3 is 5.32 Å². The van der Waals surface area contributed by atoms with Crippen molar-refractivity contribution in [3.8, 4) is 0 Å². The minimum atomic E-state index is -3.62. The van der Waals surface area contributed by atoms with E-state index in [9.17, 15) is 17.6 Å². The van der Waals surface area contributed by atoms with Crippen LogP contribution in [0.5, 0.6) is 0 Å². The molecule has 2 rings (SSSR count). The van der Waals surface area contributed by atoms with Crippen molar-refractivity contribution < 1.29 is 17.6 Å². The topological polar surface area (TPSA) is 66.5 Å². The molecule has 146 valence electrons. The number of carbonyl (C=O) groups is 1. The summed E-state index contributed by atoms with van der Waals surface area (Å²) in [5.74, 6) is -0.640. The number of amides is 1. The van der Waals surface area contributed by atoms with Gasteiger partial charge in [0.2, 0.25) is 15.9 Å². The number of nitrogens with one attached hydrogen (secondary N) is 1. The molecule has 27 heavy (non-hydrogen) atoms. The van der Waals surface area contributed by atoms with E-state index in [2.05, 4.69) is 5.32 Å². The number of hydrogen-bond acceptors (Lipinski definition) is 3. The molecule has 2 aromatic rings. The van der Waals surface area contributed by atoms with Crippen LogP contribution in [0.25, 0.3) is 0 Å². The number of sulfonamides is 1. The highest BCUT2D eigenvalue weighted by Crippen LogP contribution is 2.21. The van der Waals surface area contributed by atoms with Gasteiger partial charge >= 0.3 is 0 Å². The van der Waals surface area contributed by atoms with Crippen LogP contribution in [-0.2, 0) is 21.2 Å². The van der Waals surface area contributed by atoms with E-state index in [0.717, 1.165) is 21.7 Å². The Bertz CT molecular complexity index is 882. The van der Waals surface area contributed by atoms with E-state index in [1.54, 1.807) is 37.3 Å². The third-order valence-corrected chi connectivity index (χ3v) is 5.44. The zero-order valence-electron chi connectivity index (χ0n) is 15.8. The smallest absolute Gasteiger partial charge is 0.243 e. The molecule has 0 aliphatic heterocycles. The number of rotatable bonds is 8. The van der Waals surface area contributed by atoms with Gasteiger partial charge in [0, 0.05) is 6.54 Å². The Morgan fingerprint density at radius 2 is 1.85 bits per heavy atom. The highest BCUT2D eigenvalue weighted by molar-refractivity contribution is 7.92. The van der Waals surface area contributed by atoms with Crippen molar-refractivity contribution in [2.45, 2.75) is 32.7 Å². The van der Waals surface area contributed by atoms with Crippen molar-refractivity contribution in [3.05, 3.63) is 65.5 Å². The molecule has 0 saturated heterocycles. The summed E-state index contributed by atoms with van der Waals surface area (Å²) in [6.45, 7) is 3.84. The summed E-state index contributed by atoms with van der Waals surface area (Å²) in [6, 6.07) is 12.4. The van der Waals surface area contributed by atoms with Crippen LogP contribution in [0.4, 0.5) is 10.1 Å². The first-order valence-electron chi connectivity index (χ1n) is 8.76. The lowest BCUT2D eigenvalue weighted by Gasteiger charge is -2.28. The standard InChI is InChI=1S/C20H25FN2O3S/c1-15-6-4-8-19(14-15)23(27(3,25)26)16(2)20(24)22-13-5-7-17-9-11-18(21)12-10-17/h4,6,8-12,14,16H,5,7,13H2,1-3H3,(H,22,24). The molecular weight excluding hydrogens is 367 g/mol. The Kier molecular flexibility index (Phi) is 6.96. The SMILES string of the molecule is Cc1cccc(N(C(C)C(=O)NCCCc2ccc(F)cc2)S(C)(=O)=O)c1. The first-order valence-corrected chi connectivity index (χ1v) is 10.6. The zero-order chi connectivity index (χ0) is 20.0. The number of hydrogen-bond donors (Lipinski definition) is 1. The molecule has 1 unspecified atom stereocenters. The molecule has 0 aliphatic carbocycles. The highest BCUT2D eigenvalue weighted by Gasteiger charge is 2.28. The minimum Gasteiger partial charge on any atom is -0.354 e. The molecule has 1 N–H and O–H groups in total. The van der Waals surface area contributed by atoms with Crippen LogP contribution >= 0.6 is 0 Å². The third kappa shape index (κ3) is 6.06. The second-order valence-corrected chi connectivity index (χ2v) is 8.45. The summed E-state index contributed by atoms with van der Waals surface area (Å²) >= 11 is 0. The van der Waals surface area contributed by atoms with Gasteiger partial charge in [-0.25, -0.2) is 12.8 Å². The molecule has 0 spiro atoms. The minimum absolute atomic E-state index is 0.280. The fourth-order valence-electron chi connectivity index (χ4n) is 2.88. The van der Waals surface area contributed by atoms with E-state index in [4.69, 9.17) is 0 Å². The fraction of sp³-hybridized carbons (Fsp3) is 0.350. The summed E-state index contributed by atoms with van der Waals surface area (Å²) in [7, 11) is -3.62. The molecule has 0 bridgehead atoms. The predicted molar refractivity (Wildman–Crippen MR) is 106 cm³/mol. The summed E-state index contributed by atoms with van der Waals surface area (Å²) < 4.78 is 38.5. The molecule has 0 fully saturated rings. The predicted octanol–water partition coefficient (Wildman–Crippen LogP) is 3.04. The van der Waals surface area contributed by atoms with Gasteiger partial charge in [-0.15, -0.1) is 0 Å². The van der Waals surface area contributed by atoms with Gasteiger partial charge in [0.1, 0.15) is 11.9 Å². The maximum Gasteiger partial charge on any atom is 0.243 e. The first kappa shape index (κ1) is 20.9. The van der Waals surface area contributed by atoms with E-state index in [-0.39, 0.29) is 11.7 Å². The molecule has 7 heteroatoms. The van der Waals surface area contributed by atoms with E-state index in [1.165, 1.54) is 12.1 Å². The van der Waals surface area contributed by atoms with Crippen LogP contribution in [0.1, 0.15) is 24.5 Å². The third-order valence-electron chi connectivity index (χ3n) is 4.20. The van der Waals surface area contributed by atoms with Crippen LogP contribution in [-0.4, -0.2) is 33.2 Å². The Morgan fingerprint density at radius 3 is 2.44 bits per heavy atom. The molecule has 1 amide bonds. The molecule has 2 aromatic carbocycles. The van der Waals surface area contributed by atoms with Crippen molar-refractivity contribution in [3.63, 3.8) is 0 Å². The molecule has 0 radical (unpaired) electrons. The van der Waals surface area contributed by atoms with Crippen LogP contribution < -0.4 is 9.62 Å². The number of halogens is 1. The normalized spacial score (nSPS) is 12.4. The van der Waals surface area contributed by atoms with E-state index >= 15 is 0 Å². The van der Waals surface area contributed by atoms with Crippen LogP contribution in [0.2, 0.25) is 0 Å². The van der Waals surface area contributed by atoms with Gasteiger partial charge in [-0.3, -0.25) is 9.10 Å². The van der Waals surface area contributed by atoms with Crippen molar-refractivity contribution in [2.24, 2.45) is 0 Å². The van der Waals surface area contributed by atoms with Crippen molar-refractivity contribution in [1.29, 1.82) is 0 Å². The number of aryl methyl sites for hydroxylation is 2. The summed E-state index contributed by atoms with van der Waals surface area (Å²) in [5.41, 5.74) is 2.36. The first-order chi connectivity index (χ1) is 12.7. The Hall–Kier alpha value is -2.41. The Labute approximate surface area is 160 Å². The highest BCUT2D eigenvalue weighted by atomic mass is 32.2.